The molecular formula is C22H20F2N4O5. The van der Waals surface area contributed by atoms with Gasteiger partial charge >= 0.3 is 0 Å². The van der Waals surface area contributed by atoms with Crippen molar-refractivity contribution < 1.29 is 32.9 Å². The molecule has 0 spiro atoms. The van der Waals surface area contributed by atoms with E-state index in [9.17, 15) is 18.7 Å². The van der Waals surface area contributed by atoms with E-state index in [-0.39, 0.29) is 34.4 Å². The number of hydrogen-bond acceptors (Lipinski definition) is 7. The summed E-state index contributed by atoms with van der Waals surface area (Å²) >= 11 is 0. The summed E-state index contributed by atoms with van der Waals surface area (Å²) in [5.41, 5.74) is 5.89. The van der Waals surface area contributed by atoms with Gasteiger partial charge in [0.15, 0.2) is 11.5 Å². The lowest BCUT2D eigenvalue weighted by atomic mass is 10.2. The minimum absolute atomic E-state index is 0.0511. The van der Waals surface area contributed by atoms with Crippen molar-refractivity contribution in [1.29, 1.82) is 5.41 Å². The molecule has 0 saturated carbocycles. The van der Waals surface area contributed by atoms with E-state index in [4.69, 9.17) is 25.4 Å². The van der Waals surface area contributed by atoms with Crippen molar-refractivity contribution in [2.24, 2.45) is 5.73 Å². The zero-order chi connectivity index (χ0) is 24.3. The average molecular weight is 458 g/mol. The summed E-state index contributed by atoms with van der Waals surface area (Å²) in [6, 6.07) is 9.61. The fraction of sp³-hybridized carbons (Fsp3) is 0.136. The van der Waals surface area contributed by atoms with Gasteiger partial charge in [-0.25, -0.2) is 0 Å². The van der Waals surface area contributed by atoms with Gasteiger partial charge in [-0.2, -0.15) is 13.8 Å². The molecule has 3 rings (SSSR count). The highest BCUT2D eigenvalue weighted by Crippen LogP contribution is 2.39. The summed E-state index contributed by atoms with van der Waals surface area (Å²) in [5, 5.41) is 17.5. The van der Waals surface area contributed by atoms with E-state index in [1.807, 2.05) is 0 Å². The molecule has 1 amide bonds. The van der Waals surface area contributed by atoms with Gasteiger partial charge in [-0.15, -0.1) is 0 Å². The van der Waals surface area contributed by atoms with Gasteiger partial charge < -0.3 is 30.0 Å². The number of amides is 1. The number of pyridine rings is 1. The Morgan fingerprint density at radius 2 is 1.73 bits per heavy atom. The van der Waals surface area contributed by atoms with Crippen LogP contribution in [0.15, 0.2) is 42.5 Å². The lowest BCUT2D eigenvalue weighted by Gasteiger charge is -2.15. The Kier molecular flexibility index (Phi) is 6.61. The minimum atomic E-state index is -1.29. The third kappa shape index (κ3) is 4.92. The zero-order valence-electron chi connectivity index (χ0n) is 17.8. The Balaban J connectivity index is 2.03. The Labute approximate surface area is 187 Å². The van der Waals surface area contributed by atoms with Gasteiger partial charge in [0.25, 0.3) is 17.7 Å². The maximum absolute atomic E-state index is 14.8. The molecule has 33 heavy (non-hydrogen) atoms. The van der Waals surface area contributed by atoms with E-state index < -0.39 is 34.9 Å². The highest BCUT2D eigenvalue weighted by atomic mass is 19.1. The number of nitrogen functional groups attached to an aromatic ring is 1. The zero-order valence-corrected chi connectivity index (χ0v) is 17.8. The van der Waals surface area contributed by atoms with Gasteiger partial charge in [0, 0.05) is 25.2 Å². The number of hydrogen-bond donors (Lipinski definition) is 3. The van der Waals surface area contributed by atoms with Crippen LogP contribution < -0.4 is 19.9 Å². The molecule has 2 aromatic carbocycles. The molecule has 0 saturated heterocycles. The minimum Gasteiger partial charge on any atom is -0.504 e. The van der Waals surface area contributed by atoms with Gasteiger partial charge in [-0.05, 0) is 36.4 Å². The number of methoxy groups -OCH3 is 1. The maximum atomic E-state index is 14.8. The van der Waals surface area contributed by atoms with Crippen molar-refractivity contribution in [3.05, 3.63) is 65.2 Å². The highest BCUT2D eigenvalue weighted by Gasteiger charge is 2.25. The molecule has 0 fully saturated rings. The molecule has 0 atom stereocenters. The largest absolute Gasteiger partial charge is 0.504 e. The van der Waals surface area contributed by atoms with Crippen LogP contribution in [0.5, 0.6) is 34.8 Å². The van der Waals surface area contributed by atoms with E-state index in [2.05, 4.69) is 4.98 Å². The second-order valence-corrected chi connectivity index (χ2v) is 6.91. The van der Waals surface area contributed by atoms with Crippen molar-refractivity contribution in [2.75, 3.05) is 21.2 Å². The Morgan fingerprint density at radius 1 is 1.06 bits per heavy atom. The molecule has 4 N–H and O–H groups in total. The topological polar surface area (TPSA) is 131 Å². The molecular weight excluding hydrogens is 438 g/mol. The number of carbonyl (C=O) groups excluding carboxylic acids is 1. The number of aromatic hydroxyl groups is 1. The van der Waals surface area contributed by atoms with Crippen LogP contribution in [0, 0.1) is 17.0 Å². The van der Waals surface area contributed by atoms with Crippen LogP contribution in [0.3, 0.4) is 0 Å². The van der Waals surface area contributed by atoms with Gasteiger partial charge in [-0.3, -0.25) is 10.2 Å². The summed E-state index contributed by atoms with van der Waals surface area (Å²) in [6.45, 7) is 0. The van der Waals surface area contributed by atoms with Gasteiger partial charge in [0.1, 0.15) is 11.6 Å². The fourth-order valence-corrected chi connectivity index (χ4v) is 2.73. The number of benzene rings is 2. The van der Waals surface area contributed by atoms with Gasteiger partial charge in [0.05, 0.1) is 7.11 Å². The van der Waals surface area contributed by atoms with E-state index in [1.54, 1.807) is 20.2 Å². The third-order valence-corrected chi connectivity index (χ3v) is 4.36. The summed E-state index contributed by atoms with van der Waals surface area (Å²) in [6.07, 6.45) is 0. The Bertz CT molecular complexity index is 1230. The first-order valence-electron chi connectivity index (χ1n) is 9.40. The molecule has 1 heterocycles. The molecule has 9 nitrogen and oxygen atoms in total. The molecule has 0 aliphatic heterocycles. The predicted molar refractivity (Wildman–Crippen MR) is 114 cm³/mol. The predicted octanol–water partition coefficient (Wildman–Crippen LogP) is 3.64. The first-order valence-corrected chi connectivity index (χ1v) is 9.40. The van der Waals surface area contributed by atoms with Gasteiger partial charge in [0.2, 0.25) is 17.4 Å². The lowest BCUT2D eigenvalue weighted by Crippen LogP contribution is -2.21. The highest BCUT2D eigenvalue weighted by molar-refractivity contribution is 5.95. The number of phenols is 1. The number of nitrogens with one attached hydrogen (secondary N) is 1. The van der Waals surface area contributed by atoms with Crippen LogP contribution >= 0.6 is 0 Å². The number of aromatic nitrogens is 1. The molecule has 172 valence electrons. The van der Waals surface area contributed by atoms with Crippen LogP contribution in [0.1, 0.15) is 15.9 Å². The number of carbonyl (C=O) groups is 1. The number of nitrogens with zero attached hydrogens (tertiary/aromatic N) is 2. The Hall–Kier alpha value is -4.41. The lowest BCUT2D eigenvalue weighted by molar-refractivity contribution is 0.0827. The van der Waals surface area contributed by atoms with Crippen molar-refractivity contribution in [2.45, 2.75) is 0 Å². The Morgan fingerprint density at radius 3 is 2.33 bits per heavy atom. The number of ether oxygens (including phenoxy) is 3. The fourth-order valence-electron chi connectivity index (χ4n) is 2.73. The van der Waals surface area contributed by atoms with Crippen LogP contribution in [0.2, 0.25) is 0 Å². The normalized spacial score (nSPS) is 10.5. The molecule has 0 aliphatic rings. The maximum Gasteiger partial charge on any atom is 0.263 e. The van der Waals surface area contributed by atoms with E-state index in [0.29, 0.717) is 0 Å². The first-order chi connectivity index (χ1) is 15.6. The smallest absolute Gasteiger partial charge is 0.263 e. The second kappa shape index (κ2) is 9.39. The van der Waals surface area contributed by atoms with Crippen molar-refractivity contribution in [3.8, 4) is 34.8 Å². The number of phenolic OH excluding ortho intramolecular Hbond substituents is 1. The quantitative estimate of drug-likeness (QED) is 0.364. The number of halogens is 2. The number of nitrogens with two attached hydrogens (primary N) is 1. The SMILES string of the molecule is COc1c(F)c(Oc2cccc(C(=O)N(C)C)c2)nc(Oc2cc(C(=N)N)ccc2O)c1F. The number of amidine groups is 1. The second-order valence-electron chi connectivity index (χ2n) is 6.91. The first kappa shape index (κ1) is 23.3. The van der Waals surface area contributed by atoms with Crippen molar-refractivity contribution in [3.63, 3.8) is 0 Å². The van der Waals surface area contributed by atoms with Crippen LogP contribution in [-0.2, 0) is 0 Å². The molecule has 0 aliphatic carbocycles. The number of rotatable bonds is 7. The van der Waals surface area contributed by atoms with Crippen molar-refractivity contribution in [1.82, 2.24) is 9.88 Å². The van der Waals surface area contributed by atoms with E-state index in [0.717, 1.165) is 7.11 Å². The monoisotopic (exact) mass is 458 g/mol. The third-order valence-electron chi connectivity index (χ3n) is 4.36. The van der Waals surface area contributed by atoms with Crippen molar-refractivity contribution >= 4 is 11.7 Å². The summed E-state index contributed by atoms with van der Waals surface area (Å²) < 4.78 is 45.1. The summed E-state index contributed by atoms with van der Waals surface area (Å²) in [4.78, 5) is 17.3. The summed E-state index contributed by atoms with van der Waals surface area (Å²) in [5.74, 6) is -6.09. The molecule has 3 aromatic rings. The molecule has 0 bridgehead atoms. The van der Waals surface area contributed by atoms with E-state index >= 15 is 0 Å². The molecule has 0 radical (unpaired) electrons. The van der Waals surface area contributed by atoms with Crippen LogP contribution in [0.4, 0.5) is 8.78 Å². The van der Waals surface area contributed by atoms with Gasteiger partial charge in [-0.1, -0.05) is 6.07 Å². The average Bonchev–Trinajstić information content (AvgIpc) is 2.78. The standard InChI is InChI=1S/C22H20F2N4O5/c1-28(2)22(30)12-5-4-6-13(9-12)32-20-16(23)18(31-3)17(24)21(27-20)33-15-10-11(19(25)26)7-8-14(15)29/h4-10,29H,1-3H3,(H3,25,26). The van der Waals surface area contributed by atoms with Crippen LogP contribution in [0.25, 0.3) is 0 Å². The van der Waals surface area contributed by atoms with Crippen LogP contribution in [-0.4, -0.2) is 47.9 Å². The molecule has 11 heteroatoms. The summed E-state index contributed by atoms with van der Waals surface area (Å²) in [7, 11) is 4.18. The van der Waals surface area contributed by atoms with E-state index in [1.165, 1.54) is 41.3 Å². The molecule has 0 unspecified atom stereocenters. The molecule has 1 aromatic heterocycles.